The zero-order valence-electron chi connectivity index (χ0n) is 18.9. The van der Waals surface area contributed by atoms with E-state index in [0.29, 0.717) is 6.54 Å². The Balaban J connectivity index is 1.92. The highest BCUT2D eigenvalue weighted by molar-refractivity contribution is 5.92. The van der Waals surface area contributed by atoms with Gasteiger partial charge in [0.15, 0.2) is 5.96 Å². The van der Waals surface area contributed by atoms with E-state index in [0.717, 1.165) is 29.5 Å². The summed E-state index contributed by atoms with van der Waals surface area (Å²) in [5.74, 6) is -0.886. The Morgan fingerprint density at radius 2 is 1.69 bits per heavy atom. The monoisotopic (exact) mass is 439 g/mol. The standard InChI is InChI=1S/C24H33N5O3/c1-15-12-19(30)13-16(2)20(15)14-21(29-24(25)26)23(32)28-17(3)22(31)27-11-7-10-18-8-5-4-6-9-18/h4-6,8-9,12-13,17,21,30H,7,10-11,14H2,1-3H3,(H,27,31)(H,28,32)(H4,25,26,29)/t17-,21+/m1/s1. The van der Waals surface area contributed by atoms with E-state index in [4.69, 9.17) is 11.1 Å². The van der Waals surface area contributed by atoms with Gasteiger partial charge in [-0.25, -0.2) is 0 Å². The van der Waals surface area contributed by atoms with Gasteiger partial charge in [-0.2, -0.15) is 0 Å². The van der Waals surface area contributed by atoms with Crippen molar-refractivity contribution in [3.05, 3.63) is 64.7 Å². The molecule has 0 spiro atoms. The van der Waals surface area contributed by atoms with Crippen LogP contribution in [0.5, 0.6) is 5.75 Å². The largest absolute Gasteiger partial charge is 0.508 e. The van der Waals surface area contributed by atoms with Gasteiger partial charge in [-0.15, -0.1) is 0 Å². The van der Waals surface area contributed by atoms with Crippen molar-refractivity contribution in [3.63, 3.8) is 0 Å². The number of carbonyl (C=O) groups is 2. The van der Waals surface area contributed by atoms with Crippen LogP contribution in [0.1, 0.15) is 35.6 Å². The van der Waals surface area contributed by atoms with Crippen molar-refractivity contribution in [2.75, 3.05) is 6.54 Å². The van der Waals surface area contributed by atoms with Crippen molar-refractivity contribution in [1.29, 1.82) is 5.41 Å². The van der Waals surface area contributed by atoms with Gasteiger partial charge in [0.1, 0.15) is 17.8 Å². The van der Waals surface area contributed by atoms with Gasteiger partial charge < -0.3 is 26.8 Å². The fraction of sp³-hybridized carbons (Fsp3) is 0.375. The molecule has 0 aliphatic carbocycles. The number of guanidine groups is 1. The summed E-state index contributed by atoms with van der Waals surface area (Å²) in [6.45, 7) is 5.81. The molecule has 0 heterocycles. The molecule has 8 nitrogen and oxygen atoms in total. The van der Waals surface area contributed by atoms with E-state index in [9.17, 15) is 14.7 Å². The molecule has 32 heavy (non-hydrogen) atoms. The number of rotatable bonds is 10. The van der Waals surface area contributed by atoms with Gasteiger partial charge >= 0.3 is 0 Å². The van der Waals surface area contributed by atoms with Crippen LogP contribution in [0.2, 0.25) is 0 Å². The Morgan fingerprint density at radius 3 is 2.28 bits per heavy atom. The molecule has 0 radical (unpaired) electrons. The summed E-state index contributed by atoms with van der Waals surface area (Å²) in [5.41, 5.74) is 9.21. The average molecular weight is 440 g/mol. The Kier molecular flexibility index (Phi) is 9.07. The maximum Gasteiger partial charge on any atom is 0.243 e. The number of hydrogen-bond acceptors (Lipinski definition) is 4. The highest BCUT2D eigenvalue weighted by atomic mass is 16.3. The van der Waals surface area contributed by atoms with Crippen molar-refractivity contribution in [2.45, 2.75) is 52.1 Å². The van der Waals surface area contributed by atoms with Crippen LogP contribution in [0.3, 0.4) is 0 Å². The lowest BCUT2D eigenvalue weighted by Gasteiger charge is -2.23. The summed E-state index contributed by atoms with van der Waals surface area (Å²) < 4.78 is 0. The highest BCUT2D eigenvalue weighted by Gasteiger charge is 2.24. The van der Waals surface area contributed by atoms with Crippen LogP contribution in [-0.2, 0) is 22.4 Å². The fourth-order valence-electron chi connectivity index (χ4n) is 3.58. The number of nitrogens with one attached hydrogen (secondary N) is 4. The van der Waals surface area contributed by atoms with Gasteiger partial charge in [0.25, 0.3) is 0 Å². The first-order chi connectivity index (χ1) is 15.2. The third-order valence-corrected chi connectivity index (χ3v) is 5.27. The number of phenolic OH excluding ortho intramolecular Hbond substituents is 1. The number of phenols is 1. The third kappa shape index (κ3) is 7.61. The minimum atomic E-state index is -0.831. The molecule has 172 valence electrons. The number of benzene rings is 2. The number of hydrogen-bond donors (Lipinski definition) is 6. The number of carbonyl (C=O) groups excluding carboxylic acids is 2. The zero-order valence-corrected chi connectivity index (χ0v) is 18.9. The summed E-state index contributed by atoms with van der Waals surface area (Å²) in [7, 11) is 0. The molecule has 0 saturated heterocycles. The Hall–Kier alpha value is -3.55. The van der Waals surface area contributed by atoms with Crippen molar-refractivity contribution in [2.24, 2.45) is 5.73 Å². The van der Waals surface area contributed by atoms with Gasteiger partial charge in [-0.05, 0) is 68.0 Å². The molecule has 0 aliphatic heterocycles. The molecule has 0 aromatic heterocycles. The maximum absolute atomic E-state index is 12.8. The van der Waals surface area contributed by atoms with Gasteiger partial charge in [0.05, 0.1) is 0 Å². The second-order valence-electron chi connectivity index (χ2n) is 7.98. The molecule has 2 aromatic rings. The lowest BCUT2D eigenvalue weighted by Crippen LogP contribution is -2.54. The summed E-state index contributed by atoms with van der Waals surface area (Å²) in [5, 5.41) is 25.5. The van der Waals surface area contributed by atoms with Gasteiger partial charge in [0, 0.05) is 13.0 Å². The van der Waals surface area contributed by atoms with Crippen LogP contribution in [0.25, 0.3) is 0 Å². The first-order valence-electron chi connectivity index (χ1n) is 10.7. The predicted octanol–water partition coefficient (Wildman–Crippen LogP) is 1.66. The van der Waals surface area contributed by atoms with Gasteiger partial charge in [0.2, 0.25) is 11.8 Å². The second kappa shape index (κ2) is 11.7. The van der Waals surface area contributed by atoms with Gasteiger partial charge in [-0.3, -0.25) is 15.0 Å². The van der Waals surface area contributed by atoms with Crippen molar-refractivity contribution >= 4 is 17.8 Å². The minimum absolute atomic E-state index is 0.154. The first-order valence-corrected chi connectivity index (χ1v) is 10.7. The van der Waals surface area contributed by atoms with Crippen LogP contribution >= 0.6 is 0 Å². The van der Waals surface area contributed by atoms with Gasteiger partial charge in [-0.1, -0.05) is 30.3 Å². The first kappa shape index (κ1) is 24.7. The SMILES string of the molecule is Cc1cc(O)cc(C)c1C[C@H](NC(=N)N)C(=O)N[C@H](C)C(=O)NCCCc1ccccc1. The molecule has 0 aliphatic rings. The second-order valence-corrected chi connectivity index (χ2v) is 7.98. The third-order valence-electron chi connectivity index (χ3n) is 5.27. The summed E-state index contributed by atoms with van der Waals surface area (Å²) >= 11 is 0. The molecule has 0 fully saturated rings. The molecule has 7 N–H and O–H groups in total. The van der Waals surface area contributed by atoms with E-state index < -0.39 is 18.0 Å². The van der Waals surface area contributed by atoms with E-state index in [2.05, 4.69) is 16.0 Å². The molecule has 2 amide bonds. The van der Waals surface area contributed by atoms with Crippen LogP contribution in [0.15, 0.2) is 42.5 Å². The van der Waals surface area contributed by atoms with Crippen LogP contribution in [-0.4, -0.2) is 41.5 Å². The summed E-state index contributed by atoms with van der Waals surface area (Å²) in [6, 6.07) is 11.7. The topological polar surface area (TPSA) is 140 Å². The summed E-state index contributed by atoms with van der Waals surface area (Å²) in [6.07, 6.45) is 1.91. The summed E-state index contributed by atoms with van der Waals surface area (Å²) in [4.78, 5) is 25.2. The Bertz CT molecular complexity index is 923. The lowest BCUT2D eigenvalue weighted by atomic mass is 9.95. The zero-order chi connectivity index (χ0) is 23.7. The van der Waals surface area contributed by atoms with Crippen LogP contribution in [0, 0.1) is 19.3 Å². The molecule has 0 saturated carbocycles. The van der Waals surface area contributed by atoms with E-state index in [1.54, 1.807) is 19.1 Å². The average Bonchev–Trinajstić information content (AvgIpc) is 2.73. The molecule has 8 heteroatoms. The number of amides is 2. The van der Waals surface area contributed by atoms with Crippen molar-refractivity contribution in [1.82, 2.24) is 16.0 Å². The molecule has 2 atom stereocenters. The molecular formula is C24H33N5O3. The van der Waals surface area contributed by atoms with E-state index in [-0.39, 0.29) is 24.0 Å². The smallest absolute Gasteiger partial charge is 0.243 e. The molecular weight excluding hydrogens is 406 g/mol. The molecule has 0 bridgehead atoms. The Labute approximate surface area is 189 Å². The number of nitrogens with two attached hydrogens (primary N) is 1. The van der Waals surface area contributed by atoms with Crippen molar-refractivity contribution < 1.29 is 14.7 Å². The van der Waals surface area contributed by atoms with Crippen molar-refractivity contribution in [3.8, 4) is 5.75 Å². The Morgan fingerprint density at radius 1 is 1.06 bits per heavy atom. The quantitative estimate of drug-likeness (QED) is 0.190. The molecule has 2 aromatic carbocycles. The van der Waals surface area contributed by atoms with Crippen LogP contribution in [0.4, 0.5) is 0 Å². The lowest BCUT2D eigenvalue weighted by molar-refractivity contribution is -0.129. The fourth-order valence-corrected chi connectivity index (χ4v) is 3.58. The molecule has 2 rings (SSSR count). The number of aryl methyl sites for hydroxylation is 3. The normalized spacial score (nSPS) is 12.5. The molecule has 0 unspecified atom stereocenters. The predicted molar refractivity (Wildman–Crippen MR) is 126 cm³/mol. The maximum atomic E-state index is 12.8. The highest BCUT2D eigenvalue weighted by Crippen LogP contribution is 2.22. The van der Waals surface area contributed by atoms with E-state index in [1.165, 1.54) is 5.56 Å². The van der Waals surface area contributed by atoms with E-state index in [1.807, 2.05) is 44.2 Å². The van der Waals surface area contributed by atoms with Crippen LogP contribution < -0.4 is 21.7 Å². The number of aromatic hydroxyl groups is 1. The van der Waals surface area contributed by atoms with E-state index >= 15 is 0 Å². The minimum Gasteiger partial charge on any atom is -0.508 e.